The first-order valence-electron chi connectivity index (χ1n) is 6.25. The largest absolute Gasteiger partial charge is 0.349 e. The van der Waals surface area contributed by atoms with Crippen molar-refractivity contribution in [3.8, 4) is 0 Å². The van der Waals surface area contributed by atoms with Gasteiger partial charge in [-0.2, -0.15) is 11.8 Å². The minimum Gasteiger partial charge on any atom is -0.349 e. The van der Waals surface area contributed by atoms with Crippen LogP contribution in [0.5, 0.6) is 0 Å². The Morgan fingerprint density at radius 2 is 2.10 bits per heavy atom. The fourth-order valence-electron chi connectivity index (χ4n) is 2.06. The highest BCUT2D eigenvalue weighted by atomic mass is 32.2. The summed E-state index contributed by atoms with van der Waals surface area (Å²) in [6.07, 6.45) is 1.83. The molecule has 0 atom stereocenters. The van der Waals surface area contributed by atoms with E-state index in [9.17, 15) is 14.9 Å². The second-order valence-electron chi connectivity index (χ2n) is 4.49. The number of nitrogens with zero attached hydrogens (tertiary/aromatic N) is 1. The molecule has 2 rings (SSSR count). The van der Waals surface area contributed by atoms with Gasteiger partial charge in [-0.25, -0.2) is 0 Å². The van der Waals surface area contributed by atoms with E-state index in [2.05, 4.69) is 10.7 Å². The molecule has 1 aromatic carbocycles. The number of hydrogen-bond acceptors (Lipinski definition) is 6. The molecule has 108 valence electrons. The summed E-state index contributed by atoms with van der Waals surface area (Å²) in [5, 5.41) is 13.7. The molecule has 4 N–H and O–H groups in total. The van der Waals surface area contributed by atoms with Gasteiger partial charge in [0.25, 0.3) is 11.6 Å². The zero-order chi connectivity index (χ0) is 14.5. The lowest BCUT2D eigenvalue weighted by molar-refractivity contribution is -0.384. The van der Waals surface area contributed by atoms with Gasteiger partial charge < -0.3 is 10.7 Å². The Labute approximate surface area is 120 Å². The molecule has 0 radical (unpaired) electrons. The fourth-order valence-corrected chi connectivity index (χ4v) is 3.17. The van der Waals surface area contributed by atoms with E-state index in [1.807, 2.05) is 11.8 Å². The van der Waals surface area contributed by atoms with Crippen LogP contribution >= 0.6 is 11.8 Å². The Hall–Kier alpha value is -1.80. The van der Waals surface area contributed by atoms with Crippen LogP contribution in [0.2, 0.25) is 0 Å². The second-order valence-corrected chi connectivity index (χ2v) is 5.72. The number of thioether (sulfide) groups is 1. The summed E-state index contributed by atoms with van der Waals surface area (Å²) in [4.78, 5) is 22.5. The number of hydrazine groups is 1. The zero-order valence-electron chi connectivity index (χ0n) is 10.8. The number of nitro groups is 1. The number of non-ortho nitro benzene ring substituents is 1. The van der Waals surface area contributed by atoms with E-state index in [4.69, 9.17) is 5.84 Å². The van der Waals surface area contributed by atoms with Crippen LogP contribution < -0.4 is 16.6 Å². The van der Waals surface area contributed by atoms with Crippen molar-refractivity contribution < 1.29 is 9.72 Å². The highest BCUT2D eigenvalue weighted by molar-refractivity contribution is 7.99. The first-order chi connectivity index (χ1) is 9.61. The maximum Gasteiger partial charge on any atom is 0.270 e. The minimum absolute atomic E-state index is 0.119. The number of anilines is 1. The third kappa shape index (κ3) is 3.40. The van der Waals surface area contributed by atoms with Crippen molar-refractivity contribution in [2.75, 3.05) is 16.9 Å². The normalized spacial score (nSPS) is 15.7. The van der Waals surface area contributed by atoms with E-state index in [-0.39, 0.29) is 23.2 Å². The maximum atomic E-state index is 12.2. The Morgan fingerprint density at radius 3 is 2.70 bits per heavy atom. The summed E-state index contributed by atoms with van der Waals surface area (Å²) in [6, 6.07) is 4.10. The number of amides is 1. The number of nitrogens with two attached hydrogens (primary N) is 1. The molecule has 0 saturated carbocycles. The van der Waals surface area contributed by atoms with Crippen LogP contribution in [0.3, 0.4) is 0 Å². The standard InChI is InChI=1S/C12H16N4O3S/c13-15-11-2-1-9(16(18)19)7-10(11)12(17)14-8-3-5-20-6-4-8/h1-2,7-8,15H,3-6,13H2,(H,14,17). The molecule has 8 heteroatoms. The molecule has 1 saturated heterocycles. The molecule has 1 heterocycles. The van der Waals surface area contributed by atoms with Gasteiger partial charge in [0.05, 0.1) is 16.2 Å². The van der Waals surface area contributed by atoms with Gasteiger partial charge in [-0.3, -0.25) is 20.8 Å². The summed E-state index contributed by atoms with van der Waals surface area (Å²) in [6.45, 7) is 0. The van der Waals surface area contributed by atoms with Gasteiger partial charge in [0.2, 0.25) is 0 Å². The van der Waals surface area contributed by atoms with Gasteiger partial charge in [-0.15, -0.1) is 0 Å². The van der Waals surface area contributed by atoms with Crippen LogP contribution in [0.25, 0.3) is 0 Å². The van der Waals surface area contributed by atoms with Gasteiger partial charge in [-0.1, -0.05) is 0 Å². The highest BCUT2D eigenvalue weighted by Crippen LogP contribution is 2.23. The van der Waals surface area contributed by atoms with Crippen LogP contribution in [0, 0.1) is 10.1 Å². The summed E-state index contributed by atoms with van der Waals surface area (Å²) < 4.78 is 0. The van der Waals surface area contributed by atoms with Crippen molar-refractivity contribution >= 4 is 29.0 Å². The smallest absolute Gasteiger partial charge is 0.270 e. The summed E-state index contributed by atoms with van der Waals surface area (Å²) in [5.74, 6) is 7.04. The van der Waals surface area contributed by atoms with Crippen LogP contribution in [-0.4, -0.2) is 28.4 Å². The van der Waals surface area contributed by atoms with Crippen molar-refractivity contribution in [1.82, 2.24) is 5.32 Å². The number of hydrogen-bond donors (Lipinski definition) is 3. The van der Waals surface area contributed by atoms with E-state index in [1.165, 1.54) is 18.2 Å². The molecule has 0 aliphatic carbocycles. The minimum atomic E-state index is -0.533. The van der Waals surface area contributed by atoms with Gasteiger partial charge in [-0.05, 0) is 30.4 Å². The molecule has 1 aliphatic heterocycles. The van der Waals surface area contributed by atoms with Gasteiger partial charge in [0.15, 0.2) is 0 Å². The number of carbonyl (C=O) groups is 1. The average molecular weight is 296 g/mol. The number of benzene rings is 1. The topological polar surface area (TPSA) is 110 Å². The summed E-state index contributed by atoms with van der Waals surface area (Å²) >= 11 is 1.86. The van der Waals surface area contributed by atoms with E-state index in [0.29, 0.717) is 5.69 Å². The lowest BCUT2D eigenvalue weighted by Gasteiger charge is -2.23. The van der Waals surface area contributed by atoms with Crippen LogP contribution in [0.15, 0.2) is 18.2 Å². The molecular formula is C12H16N4O3S. The molecule has 0 spiro atoms. The Kier molecular flexibility index (Phi) is 4.80. The molecular weight excluding hydrogens is 280 g/mol. The lowest BCUT2D eigenvalue weighted by atomic mass is 10.1. The second kappa shape index (κ2) is 6.58. The van der Waals surface area contributed by atoms with E-state index in [0.717, 1.165) is 24.3 Å². The van der Waals surface area contributed by atoms with Crippen LogP contribution in [0.1, 0.15) is 23.2 Å². The van der Waals surface area contributed by atoms with E-state index < -0.39 is 4.92 Å². The number of nitrogens with one attached hydrogen (secondary N) is 2. The monoisotopic (exact) mass is 296 g/mol. The predicted molar refractivity (Wildman–Crippen MR) is 78.7 cm³/mol. The van der Waals surface area contributed by atoms with Crippen molar-refractivity contribution in [2.24, 2.45) is 5.84 Å². The molecule has 7 nitrogen and oxygen atoms in total. The average Bonchev–Trinajstić information content (AvgIpc) is 2.47. The van der Waals surface area contributed by atoms with Crippen molar-refractivity contribution in [3.05, 3.63) is 33.9 Å². The molecule has 0 unspecified atom stereocenters. The molecule has 0 aromatic heterocycles. The quantitative estimate of drug-likeness (QED) is 0.441. The number of rotatable bonds is 4. The van der Waals surface area contributed by atoms with Crippen molar-refractivity contribution in [2.45, 2.75) is 18.9 Å². The van der Waals surface area contributed by atoms with Gasteiger partial charge in [0, 0.05) is 18.2 Å². The van der Waals surface area contributed by atoms with Crippen LogP contribution in [-0.2, 0) is 0 Å². The molecule has 1 aromatic rings. The van der Waals surface area contributed by atoms with E-state index in [1.54, 1.807) is 0 Å². The third-order valence-electron chi connectivity index (χ3n) is 3.17. The fraction of sp³-hybridized carbons (Fsp3) is 0.417. The highest BCUT2D eigenvalue weighted by Gasteiger charge is 2.20. The molecule has 1 aliphatic rings. The number of nitrogen functional groups attached to an aromatic ring is 1. The SMILES string of the molecule is NNc1ccc([N+](=O)[O-])cc1C(=O)NC1CCSCC1. The van der Waals surface area contributed by atoms with Gasteiger partial charge in [0.1, 0.15) is 0 Å². The first-order valence-corrected chi connectivity index (χ1v) is 7.41. The molecule has 1 fully saturated rings. The number of carbonyl (C=O) groups excluding carboxylic acids is 1. The lowest BCUT2D eigenvalue weighted by Crippen LogP contribution is -2.37. The first kappa shape index (κ1) is 14.6. The van der Waals surface area contributed by atoms with Crippen molar-refractivity contribution in [3.63, 3.8) is 0 Å². The third-order valence-corrected chi connectivity index (χ3v) is 4.22. The maximum absolute atomic E-state index is 12.2. The van der Waals surface area contributed by atoms with Gasteiger partial charge >= 0.3 is 0 Å². The Bertz CT molecular complexity index is 517. The summed E-state index contributed by atoms with van der Waals surface area (Å²) in [7, 11) is 0. The van der Waals surface area contributed by atoms with Crippen molar-refractivity contribution in [1.29, 1.82) is 0 Å². The molecule has 0 bridgehead atoms. The molecule has 1 amide bonds. The van der Waals surface area contributed by atoms with Crippen LogP contribution in [0.4, 0.5) is 11.4 Å². The van der Waals surface area contributed by atoms with E-state index >= 15 is 0 Å². The summed E-state index contributed by atoms with van der Waals surface area (Å²) in [5.41, 5.74) is 2.83. The zero-order valence-corrected chi connectivity index (χ0v) is 11.6. The molecule has 20 heavy (non-hydrogen) atoms. The predicted octanol–water partition coefficient (Wildman–Crippen LogP) is 1.51. The number of nitro benzene ring substituents is 1. The Balaban J connectivity index is 2.18. The Morgan fingerprint density at radius 1 is 1.40 bits per heavy atom.